The molecule has 1 aliphatic rings. The van der Waals surface area contributed by atoms with Gasteiger partial charge in [-0.3, -0.25) is 4.79 Å². The minimum Gasteiger partial charge on any atom is -0.489 e. The third-order valence-corrected chi connectivity index (χ3v) is 4.52. The van der Waals surface area contributed by atoms with Crippen LogP contribution in [0.25, 0.3) is 12.2 Å². The largest absolute Gasteiger partial charge is 0.489 e. The third-order valence-electron chi connectivity index (χ3n) is 4.52. The number of para-hydroxylation sites is 1. The molecule has 1 aliphatic heterocycles. The van der Waals surface area contributed by atoms with Gasteiger partial charge < -0.3 is 14.2 Å². The SMILES string of the molecule is O=C1/C(=C/c2ccccc2OC(F)F)Oc2cc(OC/C=C/c3ccccc3)ccc21. The zero-order chi connectivity index (χ0) is 21.6. The summed E-state index contributed by atoms with van der Waals surface area (Å²) in [4.78, 5) is 12.6. The quantitative estimate of drug-likeness (QED) is 0.440. The van der Waals surface area contributed by atoms with Gasteiger partial charge in [-0.2, -0.15) is 8.78 Å². The number of hydrogen-bond acceptors (Lipinski definition) is 4. The molecule has 3 aromatic rings. The van der Waals surface area contributed by atoms with Crippen LogP contribution >= 0.6 is 0 Å². The number of benzene rings is 3. The van der Waals surface area contributed by atoms with E-state index in [2.05, 4.69) is 4.74 Å². The molecular weight excluding hydrogens is 402 g/mol. The maximum absolute atomic E-state index is 12.6. The summed E-state index contributed by atoms with van der Waals surface area (Å²) in [7, 11) is 0. The molecule has 0 radical (unpaired) electrons. The summed E-state index contributed by atoms with van der Waals surface area (Å²) in [5.41, 5.74) is 1.77. The van der Waals surface area contributed by atoms with Crippen molar-refractivity contribution in [3.05, 3.63) is 101 Å². The van der Waals surface area contributed by atoms with Gasteiger partial charge in [-0.15, -0.1) is 0 Å². The molecule has 0 saturated carbocycles. The Morgan fingerprint density at radius 2 is 1.74 bits per heavy atom. The Labute approximate surface area is 178 Å². The van der Waals surface area contributed by atoms with Gasteiger partial charge in [0.1, 0.15) is 23.9 Å². The Hall–Kier alpha value is -3.93. The van der Waals surface area contributed by atoms with Crippen molar-refractivity contribution in [3.8, 4) is 17.2 Å². The summed E-state index contributed by atoms with van der Waals surface area (Å²) in [6.07, 6.45) is 5.23. The summed E-state index contributed by atoms with van der Waals surface area (Å²) in [5, 5.41) is 0. The van der Waals surface area contributed by atoms with Crippen LogP contribution in [0.3, 0.4) is 0 Å². The van der Waals surface area contributed by atoms with Crippen LogP contribution in [-0.2, 0) is 0 Å². The molecule has 0 aliphatic carbocycles. The molecule has 0 amide bonds. The number of ketones is 1. The van der Waals surface area contributed by atoms with Crippen molar-refractivity contribution in [1.29, 1.82) is 0 Å². The lowest BCUT2D eigenvalue weighted by atomic mass is 10.1. The van der Waals surface area contributed by atoms with Crippen LogP contribution in [0.4, 0.5) is 8.78 Å². The van der Waals surface area contributed by atoms with Crippen LogP contribution in [0.15, 0.2) is 84.6 Å². The molecule has 0 bridgehead atoms. The van der Waals surface area contributed by atoms with Gasteiger partial charge in [0, 0.05) is 11.6 Å². The second-order valence-corrected chi connectivity index (χ2v) is 6.64. The maximum Gasteiger partial charge on any atom is 0.387 e. The van der Waals surface area contributed by atoms with Gasteiger partial charge in [0.05, 0.1) is 5.56 Å². The highest BCUT2D eigenvalue weighted by molar-refractivity contribution is 6.14. The van der Waals surface area contributed by atoms with Gasteiger partial charge in [-0.25, -0.2) is 0 Å². The van der Waals surface area contributed by atoms with Gasteiger partial charge in [-0.05, 0) is 35.9 Å². The van der Waals surface area contributed by atoms with Gasteiger partial charge in [0.2, 0.25) is 5.78 Å². The standard InChI is InChI=1S/C25H18F2O4/c26-25(27)31-21-11-5-4-10-18(21)15-23-24(28)20-13-12-19(16-22(20)30-23)29-14-6-9-17-7-2-1-3-8-17/h1-13,15-16,25H,14H2/b9-6+,23-15-. The topological polar surface area (TPSA) is 44.8 Å². The normalized spacial score (nSPS) is 14.2. The fourth-order valence-electron chi connectivity index (χ4n) is 3.09. The molecule has 0 atom stereocenters. The molecule has 0 saturated heterocycles. The van der Waals surface area contributed by atoms with Crippen molar-refractivity contribution in [2.24, 2.45) is 0 Å². The number of rotatable bonds is 7. The molecule has 0 unspecified atom stereocenters. The highest BCUT2D eigenvalue weighted by Gasteiger charge is 2.28. The van der Waals surface area contributed by atoms with Crippen molar-refractivity contribution in [1.82, 2.24) is 0 Å². The zero-order valence-electron chi connectivity index (χ0n) is 16.3. The number of alkyl halides is 2. The molecule has 0 spiro atoms. The van der Waals surface area contributed by atoms with E-state index in [4.69, 9.17) is 9.47 Å². The summed E-state index contributed by atoms with van der Waals surface area (Å²) in [6.45, 7) is -2.62. The van der Waals surface area contributed by atoms with E-state index in [0.717, 1.165) is 5.56 Å². The predicted octanol–water partition coefficient (Wildman–Crippen LogP) is 6.00. The minimum atomic E-state index is -2.97. The Bertz CT molecular complexity index is 1140. The first kappa shape index (κ1) is 20.3. The highest BCUT2D eigenvalue weighted by atomic mass is 19.3. The second-order valence-electron chi connectivity index (χ2n) is 6.64. The summed E-state index contributed by atoms with van der Waals surface area (Å²) in [6, 6.07) is 21.0. The smallest absolute Gasteiger partial charge is 0.387 e. The van der Waals surface area contributed by atoms with E-state index >= 15 is 0 Å². The van der Waals surface area contributed by atoms with Crippen molar-refractivity contribution in [2.45, 2.75) is 6.61 Å². The Balaban J connectivity index is 1.46. The Morgan fingerprint density at radius 1 is 0.968 bits per heavy atom. The van der Waals surface area contributed by atoms with Crippen molar-refractivity contribution in [3.63, 3.8) is 0 Å². The number of fused-ring (bicyclic) bond motifs is 1. The number of hydrogen-bond donors (Lipinski definition) is 0. The number of allylic oxidation sites excluding steroid dienone is 1. The summed E-state index contributed by atoms with van der Waals surface area (Å²) in [5.74, 6) is 0.561. The second kappa shape index (κ2) is 9.26. The van der Waals surface area contributed by atoms with E-state index in [-0.39, 0.29) is 17.3 Å². The van der Waals surface area contributed by atoms with Crippen molar-refractivity contribution in [2.75, 3.05) is 6.61 Å². The Kier molecular flexibility index (Phi) is 6.08. The maximum atomic E-state index is 12.6. The lowest BCUT2D eigenvalue weighted by Gasteiger charge is -2.08. The van der Waals surface area contributed by atoms with E-state index in [1.165, 1.54) is 12.1 Å². The lowest BCUT2D eigenvalue weighted by Crippen LogP contribution is -2.04. The van der Waals surface area contributed by atoms with E-state index < -0.39 is 6.61 Å². The monoisotopic (exact) mass is 420 g/mol. The molecule has 4 nitrogen and oxygen atoms in total. The fourth-order valence-corrected chi connectivity index (χ4v) is 3.09. The highest BCUT2D eigenvalue weighted by Crippen LogP contribution is 2.35. The van der Waals surface area contributed by atoms with Crippen LogP contribution in [0.5, 0.6) is 17.2 Å². The van der Waals surface area contributed by atoms with E-state index in [9.17, 15) is 13.6 Å². The van der Waals surface area contributed by atoms with E-state index in [1.54, 1.807) is 36.4 Å². The van der Waals surface area contributed by atoms with Crippen LogP contribution in [-0.4, -0.2) is 19.0 Å². The van der Waals surface area contributed by atoms with E-state index in [0.29, 0.717) is 29.2 Å². The molecule has 0 fully saturated rings. The van der Waals surface area contributed by atoms with Crippen LogP contribution in [0.2, 0.25) is 0 Å². The number of halogens is 2. The third kappa shape index (κ3) is 4.98. The molecule has 4 rings (SSSR count). The number of Topliss-reactive ketones (excluding diaryl/α,β-unsaturated/α-hetero) is 1. The molecule has 0 N–H and O–H groups in total. The number of carbonyl (C=O) groups excluding carboxylic acids is 1. The molecule has 0 aromatic heterocycles. The van der Waals surface area contributed by atoms with Crippen LogP contribution in [0.1, 0.15) is 21.5 Å². The summed E-state index contributed by atoms with van der Waals surface area (Å²) < 4.78 is 41.1. The molecular formula is C25H18F2O4. The molecule has 156 valence electrons. The van der Waals surface area contributed by atoms with Crippen molar-refractivity contribution < 1.29 is 27.8 Å². The number of ether oxygens (including phenoxy) is 3. The summed E-state index contributed by atoms with van der Waals surface area (Å²) >= 11 is 0. The molecule has 31 heavy (non-hydrogen) atoms. The van der Waals surface area contributed by atoms with E-state index in [1.807, 2.05) is 42.5 Å². The van der Waals surface area contributed by atoms with Crippen molar-refractivity contribution >= 4 is 17.9 Å². The first-order chi connectivity index (χ1) is 15.1. The molecule has 6 heteroatoms. The lowest BCUT2D eigenvalue weighted by molar-refractivity contribution is -0.0499. The zero-order valence-corrected chi connectivity index (χ0v) is 16.3. The first-order valence-corrected chi connectivity index (χ1v) is 9.57. The van der Waals surface area contributed by atoms with Crippen LogP contribution < -0.4 is 14.2 Å². The average molecular weight is 420 g/mol. The minimum absolute atomic E-state index is 0.0291. The van der Waals surface area contributed by atoms with Gasteiger partial charge in [0.25, 0.3) is 0 Å². The molecule has 3 aromatic carbocycles. The predicted molar refractivity (Wildman–Crippen MR) is 113 cm³/mol. The van der Waals surface area contributed by atoms with Gasteiger partial charge >= 0.3 is 6.61 Å². The van der Waals surface area contributed by atoms with Gasteiger partial charge in [0.15, 0.2) is 5.76 Å². The fraction of sp³-hybridized carbons (Fsp3) is 0.0800. The average Bonchev–Trinajstić information content (AvgIpc) is 3.08. The number of carbonyl (C=O) groups is 1. The first-order valence-electron chi connectivity index (χ1n) is 9.57. The molecule has 1 heterocycles. The van der Waals surface area contributed by atoms with Gasteiger partial charge in [-0.1, -0.05) is 54.6 Å². The Morgan fingerprint density at radius 3 is 2.55 bits per heavy atom. The van der Waals surface area contributed by atoms with Crippen LogP contribution in [0, 0.1) is 0 Å².